The van der Waals surface area contributed by atoms with Gasteiger partial charge in [-0.05, 0) is 24.6 Å². The van der Waals surface area contributed by atoms with E-state index in [1.165, 1.54) is 6.92 Å². The third kappa shape index (κ3) is 1.42. The molecule has 7 heteroatoms. The highest BCUT2D eigenvalue weighted by atomic mass is 19.3. The van der Waals surface area contributed by atoms with Crippen molar-refractivity contribution in [3.05, 3.63) is 29.1 Å². The summed E-state index contributed by atoms with van der Waals surface area (Å²) < 4.78 is 84.8. The summed E-state index contributed by atoms with van der Waals surface area (Å²) in [5.74, 6) is -16.4. The highest BCUT2D eigenvalue weighted by Gasteiger charge is 2.74. The van der Waals surface area contributed by atoms with Crippen molar-refractivity contribution in [3.8, 4) is 5.75 Å². The van der Waals surface area contributed by atoms with Crippen molar-refractivity contribution < 1.29 is 31.1 Å². The van der Waals surface area contributed by atoms with Gasteiger partial charge in [0.2, 0.25) is 0 Å². The standard InChI is InChI=1S/C11H8F6O/c1-5-3-6-8(7(12)4-5)18-9(2,13)11(16,17)10(6,14)15/h3-4H,1-2H3. The fraction of sp³-hybridized carbons (Fsp3) is 0.455. The fourth-order valence-corrected chi connectivity index (χ4v) is 1.77. The smallest absolute Gasteiger partial charge is 0.382 e. The van der Waals surface area contributed by atoms with E-state index in [0.29, 0.717) is 6.07 Å². The van der Waals surface area contributed by atoms with Crippen LogP contribution in [0, 0.1) is 12.7 Å². The second kappa shape index (κ2) is 3.33. The zero-order chi connectivity index (χ0) is 13.9. The van der Waals surface area contributed by atoms with Gasteiger partial charge in [-0.3, -0.25) is 0 Å². The van der Waals surface area contributed by atoms with Crippen LogP contribution >= 0.6 is 0 Å². The summed E-state index contributed by atoms with van der Waals surface area (Å²) in [6.07, 6.45) is 0. The molecule has 0 amide bonds. The van der Waals surface area contributed by atoms with Gasteiger partial charge in [0.1, 0.15) is 0 Å². The molecule has 0 saturated heterocycles. The number of fused-ring (bicyclic) bond motifs is 1. The molecular weight excluding hydrogens is 262 g/mol. The van der Waals surface area contributed by atoms with E-state index in [0.717, 1.165) is 6.07 Å². The van der Waals surface area contributed by atoms with Gasteiger partial charge in [-0.2, -0.15) is 22.0 Å². The summed E-state index contributed by atoms with van der Waals surface area (Å²) in [5, 5.41) is 0. The van der Waals surface area contributed by atoms with E-state index < -0.39 is 34.8 Å². The second-order valence-corrected chi connectivity index (χ2v) is 4.29. The lowest BCUT2D eigenvalue weighted by atomic mass is 9.92. The molecule has 1 nitrogen and oxygen atoms in total. The van der Waals surface area contributed by atoms with Crippen LogP contribution < -0.4 is 4.74 Å². The molecule has 1 atom stereocenters. The summed E-state index contributed by atoms with van der Waals surface area (Å²) >= 11 is 0. The molecule has 1 unspecified atom stereocenters. The van der Waals surface area contributed by atoms with E-state index in [4.69, 9.17) is 0 Å². The molecule has 1 aliphatic rings. The maximum atomic E-state index is 13.6. The summed E-state index contributed by atoms with van der Waals surface area (Å²) in [7, 11) is 0. The van der Waals surface area contributed by atoms with Gasteiger partial charge in [-0.15, -0.1) is 0 Å². The van der Waals surface area contributed by atoms with Crippen LogP contribution in [-0.4, -0.2) is 11.8 Å². The quantitative estimate of drug-likeness (QED) is 0.649. The Morgan fingerprint density at radius 3 is 2.17 bits per heavy atom. The van der Waals surface area contributed by atoms with E-state index in [-0.39, 0.29) is 12.5 Å². The lowest BCUT2D eigenvalue weighted by Crippen LogP contribution is -2.59. The molecule has 0 bridgehead atoms. The van der Waals surface area contributed by atoms with Gasteiger partial charge in [0, 0.05) is 6.92 Å². The Balaban J connectivity index is 2.77. The molecule has 1 aromatic carbocycles. The van der Waals surface area contributed by atoms with Gasteiger partial charge < -0.3 is 4.74 Å². The first kappa shape index (κ1) is 13.0. The average molecular weight is 270 g/mol. The van der Waals surface area contributed by atoms with Crippen LogP contribution in [-0.2, 0) is 5.92 Å². The predicted molar refractivity (Wildman–Crippen MR) is 50.1 cm³/mol. The largest absolute Gasteiger partial charge is 0.448 e. The van der Waals surface area contributed by atoms with E-state index in [1.807, 2.05) is 0 Å². The fourth-order valence-electron chi connectivity index (χ4n) is 1.77. The molecule has 0 fully saturated rings. The Morgan fingerprint density at radius 2 is 1.61 bits per heavy atom. The molecular formula is C11H8F6O. The molecule has 18 heavy (non-hydrogen) atoms. The van der Waals surface area contributed by atoms with Crippen molar-refractivity contribution >= 4 is 0 Å². The molecule has 2 rings (SSSR count). The third-order valence-corrected chi connectivity index (χ3v) is 2.78. The first-order chi connectivity index (χ1) is 8.00. The Bertz CT molecular complexity index is 509. The van der Waals surface area contributed by atoms with Crippen LogP contribution in [0.5, 0.6) is 5.75 Å². The Hall–Kier alpha value is -1.40. The van der Waals surface area contributed by atoms with Crippen molar-refractivity contribution in [1.82, 2.24) is 0 Å². The van der Waals surface area contributed by atoms with Crippen LogP contribution in [0.1, 0.15) is 18.1 Å². The predicted octanol–water partition coefficient (Wildman–Crippen LogP) is 3.94. The van der Waals surface area contributed by atoms with Crippen LogP contribution in [0.15, 0.2) is 12.1 Å². The number of ether oxygens (including phenoxy) is 1. The van der Waals surface area contributed by atoms with Crippen LogP contribution in [0.3, 0.4) is 0 Å². The zero-order valence-corrected chi connectivity index (χ0v) is 9.33. The minimum absolute atomic E-state index is 0.00721. The average Bonchev–Trinajstić information content (AvgIpc) is 2.19. The number of benzene rings is 1. The van der Waals surface area contributed by atoms with E-state index in [1.54, 1.807) is 0 Å². The lowest BCUT2D eigenvalue weighted by molar-refractivity contribution is -0.336. The van der Waals surface area contributed by atoms with E-state index in [2.05, 4.69) is 4.74 Å². The van der Waals surface area contributed by atoms with Crippen LogP contribution in [0.2, 0.25) is 0 Å². The molecule has 1 heterocycles. The second-order valence-electron chi connectivity index (χ2n) is 4.29. The number of aryl methyl sites for hydroxylation is 1. The van der Waals surface area contributed by atoms with Crippen LogP contribution in [0.4, 0.5) is 26.3 Å². The minimum Gasteiger partial charge on any atom is -0.448 e. The molecule has 0 aromatic heterocycles. The number of alkyl halides is 5. The first-order valence-corrected chi connectivity index (χ1v) is 4.95. The van der Waals surface area contributed by atoms with Crippen molar-refractivity contribution in [1.29, 1.82) is 0 Å². The van der Waals surface area contributed by atoms with Gasteiger partial charge in [-0.1, -0.05) is 0 Å². The van der Waals surface area contributed by atoms with Gasteiger partial charge in [0.15, 0.2) is 11.6 Å². The number of hydrogen-bond donors (Lipinski definition) is 0. The molecule has 1 aliphatic heterocycles. The van der Waals surface area contributed by atoms with Crippen molar-refractivity contribution in [2.24, 2.45) is 0 Å². The summed E-state index contributed by atoms with van der Waals surface area (Å²) in [5.41, 5.74) is -1.34. The first-order valence-electron chi connectivity index (χ1n) is 4.95. The van der Waals surface area contributed by atoms with Crippen molar-refractivity contribution in [3.63, 3.8) is 0 Å². The van der Waals surface area contributed by atoms with Gasteiger partial charge in [-0.25, -0.2) is 4.39 Å². The number of hydrogen-bond acceptors (Lipinski definition) is 1. The SMILES string of the molecule is Cc1cc(F)c2c(c1)C(F)(F)C(F)(F)C(C)(F)O2. The molecule has 0 aliphatic carbocycles. The lowest BCUT2D eigenvalue weighted by Gasteiger charge is -2.41. The molecule has 0 N–H and O–H groups in total. The Labute approximate surface area is 98.4 Å². The Morgan fingerprint density at radius 1 is 1.06 bits per heavy atom. The van der Waals surface area contributed by atoms with Gasteiger partial charge in [0.05, 0.1) is 5.56 Å². The maximum Gasteiger partial charge on any atom is 0.382 e. The highest BCUT2D eigenvalue weighted by molar-refractivity contribution is 5.45. The van der Waals surface area contributed by atoms with Crippen molar-refractivity contribution in [2.45, 2.75) is 31.5 Å². The van der Waals surface area contributed by atoms with Gasteiger partial charge >= 0.3 is 17.7 Å². The van der Waals surface area contributed by atoms with Crippen molar-refractivity contribution in [2.75, 3.05) is 0 Å². The molecule has 0 radical (unpaired) electrons. The minimum atomic E-state index is -5.09. The topological polar surface area (TPSA) is 9.23 Å². The molecule has 1 aromatic rings. The Kier molecular flexibility index (Phi) is 2.41. The molecule has 0 spiro atoms. The zero-order valence-electron chi connectivity index (χ0n) is 9.33. The molecule has 100 valence electrons. The highest BCUT2D eigenvalue weighted by Crippen LogP contribution is 2.57. The number of rotatable bonds is 0. The van der Waals surface area contributed by atoms with E-state index in [9.17, 15) is 26.3 Å². The van der Waals surface area contributed by atoms with Gasteiger partial charge in [0.25, 0.3) is 0 Å². The summed E-state index contributed by atoms with van der Waals surface area (Å²) in [6, 6.07) is 1.45. The van der Waals surface area contributed by atoms with Crippen LogP contribution in [0.25, 0.3) is 0 Å². The van der Waals surface area contributed by atoms with E-state index >= 15 is 0 Å². The monoisotopic (exact) mass is 270 g/mol. The summed E-state index contributed by atoms with van der Waals surface area (Å²) in [4.78, 5) is 0. The third-order valence-electron chi connectivity index (χ3n) is 2.78. The normalized spacial score (nSPS) is 28.4. The summed E-state index contributed by atoms with van der Waals surface area (Å²) in [6.45, 7) is 1.39. The number of halogens is 6. The maximum absolute atomic E-state index is 13.6. The molecule has 0 saturated carbocycles.